The van der Waals surface area contributed by atoms with Crippen molar-refractivity contribution in [3.05, 3.63) is 0 Å². The molecule has 3 fully saturated rings. The zero-order valence-electron chi connectivity index (χ0n) is 12.6. The maximum absolute atomic E-state index is 3.81. The summed E-state index contributed by atoms with van der Waals surface area (Å²) in [5, 5.41) is 3.81. The van der Waals surface area contributed by atoms with Crippen LogP contribution in [0.1, 0.15) is 58.3 Å². The van der Waals surface area contributed by atoms with E-state index in [-0.39, 0.29) is 0 Å². The van der Waals surface area contributed by atoms with Gasteiger partial charge in [-0.3, -0.25) is 0 Å². The molecule has 110 valence electrons. The molecule has 3 rings (SSSR count). The van der Waals surface area contributed by atoms with E-state index in [1.807, 2.05) is 0 Å². The van der Waals surface area contributed by atoms with Gasteiger partial charge in [-0.1, -0.05) is 13.3 Å². The second-order valence-electron chi connectivity index (χ2n) is 7.22. The summed E-state index contributed by atoms with van der Waals surface area (Å²) in [6.45, 7) is 3.44. The van der Waals surface area contributed by atoms with Gasteiger partial charge in [0.1, 0.15) is 0 Å². The molecule has 1 saturated heterocycles. The average molecular weight is 282 g/mol. The second-order valence-corrected chi connectivity index (χ2v) is 8.44. The molecule has 1 nitrogen and oxygen atoms in total. The first-order chi connectivity index (χ1) is 9.35. The zero-order valence-corrected chi connectivity index (χ0v) is 13.4. The Labute approximate surface area is 123 Å². The van der Waals surface area contributed by atoms with Crippen molar-refractivity contribution in [1.29, 1.82) is 0 Å². The van der Waals surface area contributed by atoms with Crippen LogP contribution in [0.25, 0.3) is 0 Å². The molecule has 1 heterocycles. The van der Waals surface area contributed by atoms with E-state index in [2.05, 4.69) is 24.0 Å². The first-order valence-electron chi connectivity index (χ1n) is 8.66. The van der Waals surface area contributed by atoms with Gasteiger partial charge in [0.25, 0.3) is 0 Å². The van der Waals surface area contributed by atoms with Crippen molar-refractivity contribution in [2.45, 2.75) is 64.3 Å². The van der Waals surface area contributed by atoms with E-state index >= 15 is 0 Å². The van der Waals surface area contributed by atoms with Crippen molar-refractivity contribution < 1.29 is 0 Å². The number of rotatable bonds is 6. The van der Waals surface area contributed by atoms with Crippen molar-refractivity contribution in [3.63, 3.8) is 0 Å². The van der Waals surface area contributed by atoms with Crippen LogP contribution in [0.3, 0.4) is 0 Å². The highest BCUT2D eigenvalue weighted by Crippen LogP contribution is 2.50. The molecule has 0 aromatic carbocycles. The molecule has 19 heavy (non-hydrogen) atoms. The zero-order chi connectivity index (χ0) is 13.1. The maximum atomic E-state index is 3.81. The lowest BCUT2D eigenvalue weighted by Gasteiger charge is -2.31. The first kappa shape index (κ1) is 14.3. The monoisotopic (exact) mass is 281 g/mol. The van der Waals surface area contributed by atoms with Gasteiger partial charge in [0, 0.05) is 6.04 Å². The number of hydrogen-bond acceptors (Lipinski definition) is 2. The number of thioether (sulfide) groups is 1. The Morgan fingerprint density at radius 3 is 2.53 bits per heavy atom. The molecule has 2 heteroatoms. The van der Waals surface area contributed by atoms with Crippen LogP contribution in [0.15, 0.2) is 0 Å². The number of nitrogens with one attached hydrogen (secondary N) is 1. The highest BCUT2D eigenvalue weighted by molar-refractivity contribution is 7.99. The number of fused-ring (bicyclic) bond motifs is 2. The van der Waals surface area contributed by atoms with Gasteiger partial charge in [-0.25, -0.2) is 0 Å². The van der Waals surface area contributed by atoms with Crippen molar-refractivity contribution in [3.8, 4) is 0 Å². The molecule has 0 radical (unpaired) electrons. The second kappa shape index (κ2) is 6.85. The Kier molecular flexibility index (Phi) is 5.14. The van der Waals surface area contributed by atoms with Crippen LogP contribution >= 0.6 is 11.8 Å². The highest BCUT2D eigenvalue weighted by atomic mass is 32.2. The van der Waals surface area contributed by atoms with Crippen molar-refractivity contribution in [2.24, 2.45) is 23.7 Å². The normalized spacial score (nSPS) is 36.8. The molecule has 0 aromatic heterocycles. The van der Waals surface area contributed by atoms with Gasteiger partial charge in [-0.2, -0.15) is 11.8 Å². The summed E-state index contributed by atoms with van der Waals surface area (Å²) in [6.07, 6.45) is 12.1. The van der Waals surface area contributed by atoms with Gasteiger partial charge in [-0.15, -0.1) is 0 Å². The Morgan fingerprint density at radius 2 is 1.89 bits per heavy atom. The summed E-state index contributed by atoms with van der Waals surface area (Å²) in [6, 6.07) is 0.822. The fourth-order valence-electron chi connectivity index (χ4n) is 4.97. The van der Waals surface area contributed by atoms with Crippen LogP contribution in [0.4, 0.5) is 0 Å². The van der Waals surface area contributed by atoms with E-state index in [0.29, 0.717) is 0 Å². The molecule has 2 bridgehead atoms. The van der Waals surface area contributed by atoms with E-state index in [4.69, 9.17) is 0 Å². The fourth-order valence-corrected chi connectivity index (χ4v) is 6.17. The van der Waals surface area contributed by atoms with E-state index in [1.54, 1.807) is 25.7 Å². The maximum Gasteiger partial charge on any atom is 0.00723 e. The molecule has 3 aliphatic rings. The molecule has 2 saturated carbocycles. The summed E-state index contributed by atoms with van der Waals surface area (Å²) in [4.78, 5) is 0. The summed E-state index contributed by atoms with van der Waals surface area (Å²) in [5.41, 5.74) is 0. The van der Waals surface area contributed by atoms with Crippen molar-refractivity contribution in [2.75, 3.05) is 18.1 Å². The topological polar surface area (TPSA) is 12.0 Å². The lowest BCUT2D eigenvalue weighted by Crippen LogP contribution is -2.34. The van der Waals surface area contributed by atoms with Crippen LogP contribution in [0.2, 0.25) is 0 Å². The molecular weight excluding hydrogens is 250 g/mol. The van der Waals surface area contributed by atoms with Gasteiger partial charge in [-0.05, 0) is 86.7 Å². The molecule has 1 N–H and O–H groups in total. The van der Waals surface area contributed by atoms with Crippen LogP contribution in [0.5, 0.6) is 0 Å². The van der Waals surface area contributed by atoms with Gasteiger partial charge in [0.2, 0.25) is 0 Å². The van der Waals surface area contributed by atoms with Crippen LogP contribution in [-0.2, 0) is 0 Å². The fraction of sp³-hybridized carbons (Fsp3) is 1.00. The third-order valence-corrected chi connectivity index (χ3v) is 6.97. The quantitative estimate of drug-likeness (QED) is 0.778. The van der Waals surface area contributed by atoms with Gasteiger partial charge >= 0.3 is 0 Å². The van der Waals surface area contributed by atoms with Gasteiger partial charge < -0.3 is 5.32 Å². The molecule has 2 aliphatic carbocycles. The van der Waals surface area contributed by atoms with Crippen molar-refractivity contribution >= 4 is 11.8 Å². The summed E-state index contributed by atoms with van der Waals surface area (Å²) in [5.74, 6) is 7.14. The molecule has 4 atom stereocenters. The van der Waals surface area contributed by atoms with E-state index in [9.17, 15) is 0 Å². The third kappa shape index (κ3) is 3.69. The number of hydrogen-bond donors (Lipinski definition) is 1. The SMILES string of the molecule is CCNC(CC1CCSCC1)CC1CC2CCC1C2. The van der Waals surface area contributed by atoms with Gasteiger partial charge in [0.05, 0.1) is 0 Å². The molecule has 0 spiro atoms. The average Bonchev–Trinajstić information content (AvgIpc) is 3.02. The molecule has 0 aromatic rings. The van der Waals surface area contributed by atoms with Crippen LogP contribution < -0.4 is 5.32 Å². The Hall–Kier alpha value is 0.310. The molecular formula is C17H31NS. The third-order valence-electron chi connectivity index (χ3n) is 5.92. The predicted octanol–water partition coefficient (Wildman–Crippen LogP) is 4.32. The van der Waals surface area contributed by atoms with E-state index < -0.39 is 0 Å². The molecule has 4 unspecified atom stereocenters. The van der Waals surface area contributed by atoms with Crippen LogP contribution in [0, 0.1) is 23.7 Å². The van der Waals surface area contributed by atoms with Crippen LogP contribution in [-0.4, -0.2) is 24.1 Å². The predicted molar refractivity (Wildman–Crippen MR) is 85.7 cm³/mol. The summed E-state index contributed by atoms with van der Waals surface area (Å²) >= 11 is 2.16. The summed E-state index contributed by atoms with van der Waals surface area (Å²) in [7, 11) is 0. The largest absolute Gasteiger partial charge is 0.314 e. The van der Waals surface area contributed by atoms with E-state index in [1.165, 1.54) is 37.2 Å². The Balaban J connectivity index is 1.49. The lowest BCUT2D eigenvalue weighted by atomic mass is 9.81. The minimum absolute atomic E-state index is 0.822. The smallest absolute Gasteiger partial charge is 0.00723 e. The van der Waals surface area contributed by atoms with E-state index in [0.717, 1.165) is 36.3 Å². The Bertz CT molecular complexity index is 274. The summed E-state index contributed by atoms with van der Waals surface area (Å²) < 4.78 is 0. The minimum atomic E-state index is 0.822. The minimum Gasteiger partial charge on any atom is -0.314 e. The molecule has 1 aliphatic heterocycles. The van der Waals surface area contributed by atoms with Crippen molar-refractivity contribution in [1.82, 2.24) is 5.32 Å². The standard InChI is InChI=1S/C17H31NS/c1-2-18-17(11-13-5-7-19-8-6-13)12-16-10-14-3-4-15(16)9-14/h13-18H,2-12H2,1H3. The molecule has 0 amide bonds. The lowest BCUT2D eigenvalue weighted by molar-refractivity contribution is 0.253. The highest BCUT2D eigenvalue weighted by Gasteiger charge is 2.40. The van der Waals surface area contributed by atoms with Gasteiger partial charge in [0.15, 0.2) is 0 Å². The first-order valence-corrected chi connectivity index (χ1v) is 9.81. The Morgan fingerprint density at radius 1 is 1.05 bits per heavy atom.